The Balaban J connectivity index is 2.25. The van der Waals surface area contributed by atoms with Gasteiger partial charge in [0.2, 0.25) is 10.0 Å². The van der Waals surface area contributed by atoms with Crippen LogP contribution in [0, 0.1) is 20.8 Å². The highest BCUT2D eigenvalue weighted by molar-refractivity contribution is 7.89. The van der Waals surface area contributed by atoms with Crippen LogP contribution in [-0.2, 0) is 16.6 Å². The number of hydrogen-bond donors (Lipinski definition) is 2. The van der Waals surface area contributed by atoms with Crippen molar-refractivity contribution in [3.05, 3.63) is 32.8 Å². The highest BCUT2D eigenvalue weighted by atomic mass is 32.2. The minimum absolute atomic E-state index is 0.00906. The first kappa shape index (κ1) is 15.7. The Morgan fingerprint density at radius 1 is 1.43 bits per heavy atom. The standard InChI is InChI=1S/C12H14N2O5S2/c1-6-9(7(2)19-14-6)5-13-21(17,18)11-4-10(12(15)16)20-8(11)3/h4,13H,5H2,1-3H3,(H,15,16). The summed E-state index contributed by atoms with van der Waals surface area (Å²) in [5, 5.41) is 12.7. The molecule has 2 aromatic rings. The van der Waals surface area contributed by atoms with Gasteiger partial charge in [0, 0.05) is 17.0 Å². The molecule has 2 rings (SSSR count). The summed E-state index contributed by atoms with van der Waals surface area (Å²) >= 11 is 0.929. The first-order chi connectivity index (χ1) is 9.72. The van der Waals surface area contributed by atoms with Gasteiger partial charge in [-0.05, 0) is 26.8 Å². The van der Waals surface area contributed by atoms with Crippen LogP contribution in [-0.4, -0.2) is 24.7 Å². The summed E-state index contributed by atoms with van der Waals surface area (Å²) in [6, 6.07) is 1.16. The highest BCUT2D eigenvalue weighted by Gasteiger charge is 2.23. The molecule has 2 heterocycles. The number of carboxylic acid groups (broad SMARTS) is 1. The van der Waals surface area contributed by atoms with Gasteiger partial charge < -0.3 is 9.63 Å². The summed E-state index contributed by atoms with van der Waals surface area (Å²) in [4.78, 5) is 11.3. The lowest BCUT2D eigenvalue weighted by atomic mass is 10.2. The third-order valence-electron chi connectivity index (χ3n) is 2.99. The van der Waals surface area contributed by atoms with Gasteiger partial charge in [0.05, 0.1) is 10.6 Å². The second-order valence-electron chi connectivity index (χ2n) is 4.46. The molecule has 9 heteroatoms. The summed E-state index contributed by atoms with van der Waals surface area (Å²) in [5.74, 6) is -0.598. The lowest BCUT2D eigenvalue weighted by molar-refractivity contribution is 0.0702. The molecule has 0 spiro atoms. The Hall–Kier alpha value is -1.71. The van der Waals surface area contributed by atoms with Gasteiger partial charge in [-0.15, -0.1) is 11.3 Å². The zero-order chi connectivity index (χ0) is 15.8. The molecular weight excluding hydrogens is 316 g/mol. The molecule has 0 aliphatic carbocycles. The van der Waals surface area contributed by atoms with Crippen molar-refractivity contribution in [3.63, 3.8) is 0 Å². The van der Waals surface area contributed by atoms with Gasteiger partial charge in [-0.25, -0.2) is 17.9 Å². The number of rotatable bonds is 5. The fourth-order valence-corrected chi connectivity index (χ4v) is 4.26. The lowest BCUT2D eigenvalue weighted by Gasteiger charge is -2.05. The molecule has 0 saturated heterocycles. The molecule has 0 radical (unpaired) electrons. The highest BCUT2D eigenvalue weighted by Crippen LogP contribution is 2.26. The maximum absolute atomic E-state index is 12.3. The summed E-state index contributed by atoms with van der Waals surface area (Å²) in [7, 11) is -3.79. The maximum atomic E-state index is 12.3. The largest absolute Gasteiger partial charge is 0.477 e. The molecule has 0 aromatic carbocycles. The van der Waals surface area contributed by atoms with E-state index in [1.807, 2.05) is 0 Å². The molecule has 0 aliphatic rings. The first-order valence-electron chi connectivity index (χ1n) is 5.97. The Kier molecular flexibility index (Phi) is 4.17. The molecule has 0 aliphatic heterocycles. The molecule has 2 aromatic heterocycles. The van der Waals surface area contributed by atoms with Crippen molar-refractivity contribution in [2.75, 3.05) is 0 Å². The van der Waals surface area contributed by atoms with Crippen LogP contribution < -0.4 is 4.72 Å². The molecule has 114 valence electrons. The van der Waals surface area contributed by atoms with Crippen LogP contribution in [0.2, 0.25) is 0 Å². The number of nitrogens with zero attached hydrogens (tertiary/aromatic N) is 1. The van der Waals surface area contributed by atoms with E-state index < -0.39 is 16.0 Å². The number of carbonyl (C=O) groups is 1. The van der Waals surface area contributed by atoms with Crippen molar-refractivity contribution < 1.29 is 22.8 Å². The van der Waals surface area contributed by atoms with Crippen molar-refractivity contribution in [1.29, 1.82) is 0 Å². The third kappa shape index (κ3) is 3.14. The van der Waals surface area contributed by atoms with Gasteiger partial charge in [0.15, 0.2) is 0 Å². The number of aromatic nitrogens is 1. The van der Waals surface area contributed by atoms with E-state index >= 15 is 0 Å². The lowest BCUT2D eigenvalue weighted by Crippen LogP contribution is -2.24. The van der Waals surface area contributed by atoms with Crippen LogP contribution in [0.4, 0.5) is 0 Å². The summed E-state index contributed by atoms with van der Waals surface area (Å²) in [6.07, 6.45) is 0. The van der Waals surface area contributed by atoms with Gasteiger partial charge >= 0.3 is 5.97 Å². The fraction of sp³-hybridized carbons (Fsp3) is 0.333. The number of aromatic carboxylic acids is 1. The number of carboxylic acids is 1. The van der Waals surface area contributed by atoms with Gasteiger partial charge in [-0.1, -0.05) is 5.16 Å². The average molecular weight is 330 g/mol. The zero-order valence-electron chi connectivity index (χ0n) is 11.6. The smallest absolute Gasteiger partial charge is 0.345 e. The van der Waals surface area contributed by atoms with Crippen LogP contribution in [0.5, 0.6) is 0 Å². The van der Waals surface area contributed by atoms with E-state index in [1.54, 1.807) is 20.8 Å². The maximum Gasteiger partial charge on any atom is 0.345 e. The van der Waals surface area contributed by atoms with Crippen molar-refractivity contribution in [2.45, 2.75) is 32.2 Å². The molecule has 21 heavy (non-hydrogen) atoms. The number of thiophene rings is 1. The molecule has 0 atom stereocenters. The molecule has 0 saturated carbocycles. The summed E-state index contributed by atoms with van der Waals surface area (Å²) in [5.41, 5.74) is 1.29. The molecular formula is C12H14N2O5S2. The number of sulfonamides is 1. The second-order valence-corrected chi connectivity index (χ2v) is 7.46. The summed E-state index contributed by atoms with van der Waals surface area (Å²) < 4.78 is 31.9. The van der Waals surface area contributed by atoms with Gasteiger partial charge in [-0.3, -0.25) is 0 Å². The van der Waals surface area contributed by atoms with Crippen LogP contribution in [0.25, 0.3) is 0 Å². The SMILES string of the molecule is Cc1noc(C)c1CNS(=O)(=O)c1cc(C(=O)O)sc1C. The predicted octanol–water partition coefficient (Wildman–Crippen LogP) is 1.84. The van der Waals surface area contributed by atoms with Crippen molar-refractivity contribution in [1.82, 2.24) is 9.88 Å². The normalized spacial score (nSPS) is 11.8. The van der Waals surface area contributed by atoms with E-state index in [0.717, 1.165) is 17.4 Å². The molecule has 0 amide bonds. The quantitative estimate of drug-likeness (QED) is 0.865. The van der Waals surface area contributed by atoms with E-state index in [-0.39, 0.29) is 16.3 Å². The second kappa shape index (κ2) is 5.58. The molecule has 7 nitrogen and oxygen atoms in total. The average Bonchev–Trinajstić information content (AvgIpc) is 2.92. The number of aryl methyl sites for hydroxylation is 3. The van der Waals surface area contributed by atoms with Gasteiger partial charge in [0.1, 0.15) is 10.6 Å². The molecule has 2 N–H and O–H groups in total. The van der Waals surface area contributed by atoms with Crippen LogP contribution >= 0.6 is 11.3 Å². The minimum atomic E-state index is -3.79. The van der Waals surface area contributed by atoms with Crippen LogP contribution in [0.15, 0.2) is 15.5 Å². The minimum Gasteiger partial charge on any atom is -0.477 e. The predicted molar refractivity (Wildman–Crippen MR) is 76.0 cm³/mol. The van der Waals surface area contributed by atoms with E-state index in [9.17, 15) is 13.2 Å². The summed E-state index contributed by atoms with van der Waals surface area (Å²) in [6.45, 7) is 5.03. The Morgan fingerprint density at radius 3 is 2.57 bits per heavy atom. The van der Waals surface area contributed by atoms with E-state index in [4.69, 9.17) is 9.63 Å². The zero-order valence-corrected chi connectivity index (χ0v) is 13.3. The van der Waals surface area contributed by atoms with E-state index in [0.29, 0.717) is 21.9 Å². The van der Waals surface area contributed by atoms with Gasteiger partial charge in [-0.2, -0.15) is 0 Å². The topological polar surface area (TPSA) is 110 Å². The third-order valence-corrected chi connectivity index (χ3v) is 5.69. The Morgan fingerprint density at radius 2 is 2.10 bits per heavy atom. The van der Waals surface area contributed by atoms with Crippen molar-refractivity contribution >= 4 is 27.3 Å². The van der Waals surface area contributed by atoms with Gasteiger partial charge in [0.25, 0.3) is 0 Å². The Bertz CT molecular complexity index is 769. The van der Waals surface area contributed by atoms with E-state index in [1.165, 1.54) is 0 Å². The monoisotopic (exact) mass is 330 g/mol. The Labute approximate surface area is 125 Å². The van der Waals surface area contributed by atoms with Crippen molar-refractivity contribution in [2.24, 2.45) is 0 Å². The van der Waals surface area contributed by atoms with Crippen LogP contribution in [0.1, 0.15) is 31.6 Å². The molecule has 0 bridgehead atoms. The van der Waals surface area contributed by atoms with E-state index in [2.05, 4.69) is 9.88 Å². The number of nitrogens with one attached hydrogen (secondary N) is 1. The molecule has 0 fully saturated rings. The fourth-order valence-electron chi connectivity index (χ4n) is 1.84. The van der Waals surface area contributed by atoms with Crippen LogP contribution in [0.3, 0.4) is 0 Å². The first-order valence-corrected chi connectivity index (χ1v) is 8.27. The number of hydrogen-bond acceptors (Lipinski definition) is 6. The van der Waals surface area contributed by atoms with Crippen molar-refractivity contribution in [3.8, 4) is 0 Å². The molecule has 0 unspecified atom stereocenters.